The SMILES string of the molecule is CC(C=Cc1ccccc1)=NNC(=O)c1ccn(Cc2ccc([N+](=O)[O-])cc2)n1. The Morgan fingerprint density at radius 1 is 1.17 bits per heavy atom. The number of allylic oxidation sites excluding steroid dienone is 1. The summed E-state index contributed by atoms with van der Waals surface area (Å²) in [6.45, 7) is 2.18. The van der Waals surface area contributed by atoms with Crippen molar-refractivity contribution in [2.75, 3.05) is 0 Å². The topological polar surface area (TPSA) is 102 Å². The van der Waals surface area contributed by atoms with E-state index in [9.17, 15) is 14.9 Å². The Bertz CT molecular complexity index is 1050. The summed E-state index contributed by atoms with van der Waals surface area (Å²) < 4.78 is 1.59. The molecule has 0 saturated heterocycles. The summed E-state index contributed by atoms with van der Waals surface area (Å²) in [5.41, 5.74) is 5.27. The van der Waals surface area contributed by atoms with E-state index in [2.05, 4.69) is 15.6 Å². The minimum absolute atomic E-state index is 0.0313. The molecule has 0 spiro atoms. The van der Waals surface area contributed by atoms with Crippen LogP contribution < -0.4 is 5.43 Å². The van der Waals surface area contributed by atoms with Gasteiger partial charge in [0, 0.05) is 18.3 Å². The maximum absolute atomic E-state index is 12.2. The van der Waals surface area contributed by atoms with E-state index in [1.54, 1.807) is 36.0 Å². The minimum Gasteiger partial charge on any atom is -0.268 e. The number of hydrogen-bond acceptors (Lipinski definition) is 5. The summed E-state index contributed by atoms with van der Waals surface area (Å²) in [5.74, 6) is -0.417. The monoisotopic (exact) mass is 389 g/mol. The molecule has 1 aromatic heterocycles. The molecular weight excluding hydrogens is 370 g/mol. The molecule has 2 aromatic carbocycles. The van der Waals surface area contributed by atoms with Gasteiger partial charge in [-0.15, -0.1) is 0 Å². The van der Waals surface area contributed by atoms with E-state index in [1.807, 2.05) is 42.5 Å². The molecule has 0 fully saturated rings. The second-order valence-corrected chi connectivity index (χ2v) is 6.26. The number of nitrogens with one attached hydrogen (secondary N) is 1. The first-order valence-corrected chi connectivity index (χ1v) is 8.86. The highest BCUT2D eigenvalue weighted by atomic mass is 16.6. The third-order valence-corrected chi connectivity index (χ3v) is 4.02. The third-order valence-electron chi connectivity index (χ3n) is 4.02. The van der Waals surface area contributed by atoms with Crippen LogP contribution in [0.25, 0.3) is 6.08 Å². The van der Waals surface area contributed by atoms with Crippen LogP contribution in [0, 0.1) is 10.1 Å². The van der Waals surface area contributed by atoms with Gasteiger partial charge in [-0.3, -0.25) is 19.6 Å². The van der Waals surface area contributed by atoms with E-state index < -0.39 is 10.8 Å². The number of carbonyl (C=O) groups excluding carboxylic acids is 1. The van der Waals surface area contributed by atoms with E-state index in [0.29, 0.717) is 12.3 Å². The average molecular weight is 389 g/mol. The molecule has 0 unspecified atom stereocenters. The Balaban J connectivity index is 1.57. The number of hydrazone groups is 1. The summed E-state index contributed by atoms with van der Waals surface area (Å²) >= 11 is 0. The maximum atomic E-state index is 12.2. The van der Waals surface area contributed by atoms with Gasteiger partial charge in [-0.2, -0.15) is 10.2 Å². The van der Waals surface area contributed by atoms with Crippen molar-refractivity contribution < 1.29 is 9.72 Å². The smallest absolute Gasteiger partial charge is 0.268 e. The quantitative estimate of drug-likeness (QED) is 0.378. The van der Waals surface area contributed by atoms with Crippen LogP contribution >= 0.6 is 0 Å². The van der Waals surface area contributed by atoms with Crippen molar-refractivity contribution >= 4 is 23.4 Å². The Hall–Kier alpha value is -4.07. The van der Waals surface area contributed by atoms with E-state index >= 15 is 0 Å². The van der Waals surface area contributed by atoms with Crippen molar-refractivity contribution in [1.29, 1.82) is 0 Å². The molecule has 1 heterocycles. The lowest BCUT2D eigenvalue weighted by Crippen LogP contribution is -2.19. The highest BCUT2D eigenvalue weighted by Crippen LogP contribution is 2.12. The van der Waals surface area contributed by atoms with Gasteiger partial charge in [0.1, 0.15) is 0 Å². The largest absolute Gasteiger partial charge is 0.291 e. The number of nitro benzene ring substituents is 1. The van der Waals surface area contributed by atoms with Gasteiger partial charge < -0.3 is 0 Å². The van der Waals surface area contributed by atoms with Gasteiger partial charge in [-0.1, -0.05) is 48.5 Å². The summed E-state index contributed by atoms with van der Waals surface area (Å²) in [6.07, 6.45) is 5.38. The van der Waals surface area contributed by atoms with Crippen molar-refractivity contribution in [3.63, 3.8) is 0 Å². The first-order valence-electron chi connectivity index (χ1n) is 8.86. The van der Waals surface area contributed by atoms with Crippen LogP contribution in [0.4, 0.5) is 5.69 Å². The number of rotatable bonds is 7. The second-order valence-electron chi connectivity index (χ2n) is 6.26. The van der Waals surface area contributed by atoms with Crippen LogP contribution in [-0.2, 0) is 6.54 Å². The third kappa shape index (κ3) is 5.70. The molecule has 0 aliphatic rings. The summed E-state index contributed by atoms with van der Waals surface area (Å²) in [6, 6.07) is 17.6. The van der Waals surface area contributed by atoms with Crippen LogP contribution in [0.3, 0.4) is 0 Å². The summed E-state index contributed by atoms with van der Waals surface area (Å²) in [5, 5.41) is 19.0. The first-order chi connectivity index (χ1) is 14.0. The molecule has 1 amide bonds. The Morgan fingerprint density at radius 3 is 2.59 bits per heavy atom. The van der Waals surface area contributed by atoms with Gasteiger partial charge in [0.05, 0.1) is 17.2 Å². The predicted molar refractivity (Wildman–Crippen MR) is 110 cm³/mol. The Labute approximate surface area is 167 Å². The van der Waals surface area contributed by atoms with Crippen LogP contribution in [0.15, 0.2) is 78.0 Å². The van der Waals surface area contributed by atoms with E-state index in [0.717, 1.165) is 11.1 Å². The molecule has 0 bridgehead atoms. The highest BCUT2D eigenvalue weighted by molar-refractivity contribution is 5.98. The molecular formula is C21H19N5O3. The number of aromatic nitrogens is 2. The van der Waals surface area contributed by atoms with Gasteiger partial charge >= 0.3 is 0 Å². The van der Waals surface area contributed by atoms with E-state index in [-0.39, 0.29) is 11.4 Å². The van der Waals surface area contributed by atoms with Crippen molar-refractivity contribution in [1.82, 2.24) is 15.2 Å². The molecule has 0 saturated carbocycles. The number of carbonyl (C=O) groups is 1. The predicted octanol–water partition coefficient (Wildman–Crippen LogP) is 3.66. The molecule has 0 radical (unpaired) electrons. The Morgan fingerprint density at radius 2 is 1.90 bits per heavy atom. The van der Waals surface area contributed by atoms with Crippen LogP contribution in [-0.4, -0.2) is 26.3 Å². The minimum atomic E-state index is -0.447. The van der Waals surface area contributed by atoms with Crippen molar-refractivity contribution in [2.45, 2.75) is 13.5 Å². The lowest BCUT2D eigenvalue weighted by atomic mass is 10.2. The summed E-state index contributed by atoms with van der Waals surface area (Å²) in [7, 11) is 0. The van der Waals surface area contributed by atoms with E-state index in [1.165, 1.54) is 12.1 Å². The first kappa shape index (κ1) is 19.7. The number of nitrogens with zero attached hydrogens (tertiary/aromatic N) is 4. The standard InChI is InChI=1S/C21H19N5O3/c1-16(7-8-17-5-3-2-4-6-17)22-23-21(27)20-13-14-25(24-20)15-18-9-11-19(12-10-18)26(28)29/h2-14H,15H2,1H3,(H,23,27). The molecule has 1 N–H and O–H groups in total. The lowest BCUT2D eigenvalue weighted by molar-refractivity contribution is -0.384. The molecule has 29 heavy (non-hydrogen) atoms. The second kappa shape index (κ2) is 9.23. The molecule has 0 atom stereocenters. The number of hydrogen-bond donors (Lipinski definition) is 1. The molecule has 3 aromatic rings. The van der Waals surface area contributed by atoms with Crippen LogP contribution in [0.2, 0.25) is 0 Å². The number of benzene rings is 2. The van der Waals surface area contributed by atoms with Crippen molar-refractivity contribution in [3.8, 4) is 0 Å². The summed E-state index contributed by atoms with van der Waals surface area (Å²) in [4.78, 5) is 22.5. The van der Waals surface area contributed by atoms with Crippen LogP contribution in [0.5, 0.6) is 0 Å². The van der Waals surface area contributed by atoms with Crippen LogP contribution in [0.1, 0.15) is 28.5 Å². The van der Waals surface area contributed by atoms with Gasteiger partial charge in [-0.05, 0) is 30.2 Å². The van der Waals surface area contributed by atoms with E-state index in [4.69, 9.17) is 0 Å². The van der Waals surface area contributed by atoms with Gasteiger partial charge in [0.2, 0.25) is 0 Å². The van der Waals surface area contributed by atoms with Gasteiger partial charge in [0.25, 0.3) is 11.6 Å². The average Bonchev–Trinajstić information content (AvgIpc) is 3.20. The van der Waals surface area contributed by atoms with Crippen molar-refractivity contribution in [2.24, 2.45) is 5.10 Å². The van der Waals surface area contributed by atoms with Crippen molar-refractivity contribution in [3.05, 3.63) is 99.9 Å². The zero-order valence-electron chi connectivity index (χ0n) is 15.7. The molecule has 146 valence electrons. The maximum Gasteiger partial charge on any atom is 0.291 e. The van der Waals surface area contributed by atoms with Gasteiger partial charge in [0.15, 0.2) is 5.69 Å². The van der Waals surface area contributed by atoms with Gasteiger partial charge in [-0.25, -0.2) is 5.43 Å². The fourth-order valence-corrected chi connectivity index (χ4v) is 2.50. The highest BCUT2D eigenvalue weighted by Gasteiger charge is 2.10. The number of non-ortho nitro benzene ring substituents is 1. The fraction of sp³-hybridized carbons (Fsp3) is 0.0952. The molecule has 0 aliphatic carbocycles. The Kier molecular flexibility index (Phi) is 6.26. The molecule has 3 rings (SSSR count). The fourth-order valence-electron chi connectivity index (χ4n) is 2.50. The normalized spacial score (nSPS) is 11.6. The number of nitro groups is 1. The zero-order valence-corrected chi connectivity index (χ0v) is 15.7. The molecule has 8 heteroatoms. The molecule has 8 nitrogen and oxygen atoms in total. The lowest BCUT2D eigenvalue weighted by Gasteiger charge is -2.02. The molecule has 0 aliphatic heterocycles. The zero-order chi connectivity index (χ0) is 20.6. The number of amides is 1.